The highest BCUT2D eigenvalue weighted by Gasteiger charge is 2.16. The molecule has 2 aromatic carbocycles. The fourth-order valence-corrected chi connectivity index (χ4v) is 4.11. The molecular formula is C21H20FN3O3S. The maximum atomic E-state index is 13.4. The van der Waals surface area contributed by atoms with Crippen LogP contribution in [0.5, 0.6) is 0 Å². The summed E-state index contributed by atoms with van der Waals surface area (Å²) in [6, 6.07) is 11.6. The Morgan fingerprint density at radius 1 is 1.07 bits per heavy atom. The van der Waals surface area contributed by atoms with Crippen molar-refractivity contribution in [3.8, 4) is 0 Å². The summed E-state index contributed by atoms with van der Waals surface area (Å²) < 4.78 is 18.7. The van der Waals surface area contributed by atoms with E-state index in [1.165, 1.54) is 24.5 Å². The van der Waals surface area contributed by atoms with Gasteiger partial charge in [-0.25, -0.2) is 4.39 Å². The third-order valence-corrected chi connectivity index (χ3v) is 5.71. The second-order valence-electron chi connectivity index (χ2n) is 6.68. The number of carbonyl (C=O) groups is 2. The summed E-state index contributed by atoms with van der Waals surface area (Å²) in [5.41, 5.74) is 2.78. The highest BCUT2D eigenvalue weighted by Crippen LogP contribution is 2.23. The van der Waals surface area contributed by atoms with Gasteiger partial charge in [0.25, 0.3) is 0 Å². The number of hydrogen-bond acceptors (Lipinski definition) is 5. The van der Waals surface area contributed by atoms with Crippen molar-refractivity contribution in [3.63, 3.8) is 0 Å². The van der Waals surface area contributed by atoms with E-state index in [-0.39, 0.29) is 6.54 Å². The summed E-state index contributed by atoms with van der Waals surface area (Å²) in [7, 11) is 0. The van der Waals surface area contributed by atoms with Gasteiger partial charge in [-0.1, -0.05) is 0 Å². The number of nitrogens with one attached hydrogen (secondary N) is 2. The summed E-state index contributed by atoms with van der Waals surface area (Å²) in [6.45, 7) is 2.07. The smallest absolute Gasteiger partial charge is 0.313 e. The fourth-order valence-electron chi connectivity index (χ4n) is 3.21. The lowest BCUT2D eigenvalue weighted by molar-refractivity contribution is -0.136. The van der Waals surface area contributed by atoms with Crippen LogP contribution in [0, 0.1) is 5.82 Å². The summed E-state index contributed by atoms with van der Waals surface area (Å²) >= 11 is 1.95. The van der Waals surface area contributed by atoms with Crippen LogP contribution in [-0.4, -0.2) is 36.4 Å². The Morgan fingerprint density at radius 2 is 1.83 bits per heavy atom. The Balaban J connectivity index is 1.33. The molecule has 6 nitrogen and oxygen atoms in total. The van der Waals surface area contributed by atoms with Crippen LogP contribution in [0.15, 0.2) is 53.1 Å². The van der Waals surface area contributed by atoms with Gasteiger partial charge >= 0.3 is 11.8 Å². The number of carbonyl (C=O) groups excluding carboxylic acids is 2. The van der Waals surface area contributed by atoms with Crippen LogP contribution >= 0.6 is 11.8 Å². The van der Waals surface area contributed by atoms with Crippen molar-refractivity contribution in [1.82, 2.24) is 5.32 Å². The zero-order chi connectivity index (χ0) is 20.2. The molecule has 8 heteroatoms. The molecular weight excluding hydrogens is 393 g/mol. The molecule has 0 bridgehead atoms. The number of hydrogen-bond donors (Lipinski definition) is 2. The van der Waals surface area contributed by atoms with Gasteiger partial charge in [0.2, 0.25) is 0 Å². The number of fused-ring (bicyclic) bond motifs is 1. The Bertz CT molecular complexity index is 1030. The number of rotatable bonds is 4. The first-order valence-corrected chi connectivity index (χ1v) is 10.4. The van der Waals surface area contributed by atoms with Gasteiger partial charge in [-0.3, -0.25) is 9.59 Å². The second kappa shape index (κ2) is 8.57. The van der Waals surface area contributed by atoms with Gasteiger partial charge in [-0.15, -0.1) is 0 Å². The molecule has 0 unspecified atom stereocenters. The predicted octanol–water partition coefficient (Wildman–Crippen LogP) is 3.38. The third kappa shape index (κ3) is 4.54. The van der Waals surface area contributed by atoms with Crippen LogP contribution < -0.4 is 15.5 Å². The van der Waals surface area contributed by atoms with E-state index >= 15 is 0 Å². The van der Waals surface area contributed by atoms with Crippen LogP contribution in [0.4, 0.5) is 15.8 Å². The van der Waals surface area contributed by atoms with E-state index in [2.05, 4.69) is 15.5 Å². The molecule has 1 aliphatic rings. The van der Waals surface area contributed by atoms with E-state index < -0.39 is 17.6 Å². The molecule has 1 fully saturated rings. The minimum absolute atomic E-state index is 0.0641. The van der Waals surface area contributed by atoms with Crippen LogP contribution in [0.1, 0.15) is 5.56 Å². The largest absolute Gasteiger partial charge is 0.464 e. The summed E-state index contributed by atoms with van der Waals surface area (Å²) in [6.07, 6.45) is 1.44. The van der Waals surface area contributed by atoms with Crippen LogP contribution in [0.2, 0.25) is 0 Å². The Kier molecular flexibility index (Phi) is 5.71. The van der Waals surface area contributed by atoms with Crippen molar-refractivity contribution in [1.29, 1.82) is 0 Å². The fraction of sp³-hybridized carbons (Fsp3) is 0.238. The first kappa shape index (κ1) is 19.3. The highest BCUT2D eigenvalue weighted by molar-refractivity contribution is 7.99. The second-order valence-corrected chi connectivity index (χ2v) is 7.91. The topological polar surface area (TPSA) is 74.6 Å². The first-order chi connectivity index (χ1) is 14.1. The van der Waals surface area contributed by atoms with Crippen molar-refractivity contribution in [2.24, 2.45) is 0 Å². The van der Waals surface area contributed by atoms with E-state index in [1.807, 2.05) is 23.9 Å². The molecule has 2 N–H and O–H groups in total. The van der Waals surface area contributed by atoms with Gasteiger partial charge in [0.15, 0.2) is 0 Å². The monoisotopic (exact) mass is 413 g/mol. The van der Waals surface area contributed by atoms with Gasteiger partial charge in [-0.2, -0.15) is 11.8 Å². The number of anilines is 2. The molecule has 0 aliphatic carbocycles. The Labute approximate surface area is 171 Å². The Hall–Kier alpha value is -3.00. The number of halogens is 1. The summed E-state index contributed by atoms with van der Waals surface area (Å²) in [4.78, 5) is 26.6. The van der Waals surface area contributed by atoms with E-state index in [9.17, 15) is 14.0 Å². The van der Waals surface area contributed by atoms with Crippen LogP contribution in [-0.2, 0) is 16.1 Å². The lowest BCUT2D eigenvalue weighted by atomic mass is 10.1. The van der Waals surface area contributed by atoms with Gasteiger partial charge in [0.1, 0.15) is 11.4 Å². The number of nitrogens with zero attached hydrogens (tertiary/aromatic N) is 1. The van der Waals surface area contributed by atoms with E-state index in [1.54, 1.807) is 12.1 Å². The molecule has 1 saturated heterocycles. The first-order valence-electron chi connectivity index (χ1n) is 9.28. The number of amides is 2. The molecule has 0 radical (unpaired) electrons. The minimum Gasteiger partial charge on any atom is -0.464 e. The van der Waals surface area contributed by atoms with Gasteiger partial charge < -0.3 is 20.0 Å². The third-order valence-electron chi connectivity index (χ3n) is 4.76. The van der Waals surface area contributed by atoms with Gasteiger partial charge in [-0.05, 0) is 42.5 Å². The summed E-state index contributed by atoms with van der Waals surface area (Å²) in [5, 5.41) is 5.69. The SMILES string of the molecule is O=C(NCc1coc2ccc(F)cc12)C(=O)Nc1ccc(N2CCSCC2)cc1. The molecule has 2 heterocycles. The molecule has 1 aromatic heterocycles. The normalized spacial score (nSPS) is 14.0. The molecule has 1 aliphatic heterocycles. The maximum absolute atomic E-state index is 13.4. The van der Waals surface area contributed by atoms with Crippen molar-refractivity contribution in [2.45, 2.75) is 6.54 Å². The lowest BCUT2D eigenvalue weighted by Gasteiger charge is -2.28. The molecule has 3 aromatic rings. The average Bonchev–Trinajstić information content (AvgIpc) is 3.15. The molecule has 0 spiro atoms. The highest BCUT2D eigenvalue weighted by atomic mass is 32.2. The van der Waals surface area contributed by atoms with Gasteiger partial charge in [0, 0.05) is 53.5 Å². The van der Waals surface area contributed by atoms with Gasteiger partial charge in [0.05, 0.1) is 6.26 Å². The Morgan fingerprint density at radius 3 is 2.59 bits per heavy atom. The van der Waals surface area contributed by atoms with Crippen molar-refractivity contribution in [2.75, 3.05) is 34.8 Å². The maximum Gasteiger partial charge on any atom is 0.313 e. The lowest BCUT2D eigenvalue weighted by Crippen LogP contribution is -2.35. The standard InChI is InChI=1S/C21H20FN3O3S/c22-15-1-6-19-18(11-15)14(13-28-19)12-23-20(26)21(27)24-16-2-4-17(5-3-16)25-7-9-29-10-8-25/h1-6,11,13H,7-10,12H2,(H,23,26)(H,24,27). The predicted molar refractivity (Wildman–Crippen MR) is 113 cm³/mol. The molecule has 2 amide bonds. The van der Waals surface area contributed by atoms with Crippen LogP contribution in [0.25, 0.3) is 11.0 Å². The number of furan rings is 1. The zero-order valence-electron chi connectivity index (χ0n) is 15.6. The van der Waals surface area contributed by atoms with Crippen molar-refractivity contribution in [3.05, 3.63) is 60.1 Å². The molecule has 4 rings (SSSR count). The average molecular weight is 413 g/mol. The number of benzene rings is 2. The molecule has 150 valence electrons. The zero-order valence-corrected chi connectivity index (χ0v) is 16.4. The van der Waals surface area contributed by atoms with E-state index in [4.69, 9.17) is 4.42 Å². The van der Waals surface area contributed by atoms with Crippen molar-refractivity contribution < 1.29 is 18.4 Å². The minimum atomic E-state index is -0.770. The summed E-state index contributed by atoms with van der Waals surface area (Å²) in [5.74, 6) is 0.295. The van der Waals surface area contributed by atoms with E-state index in [0.29, 0.717) is 22.2 Å². The molecule has 0 atom stereocenters. The van der Waals surface area contributed by atoms with E-state index in [0.717, 1.165) is 30.3 Å². The van der Waals surface area contributed by atoms with Crippen LogP contribution in [0.3, 0.4) is 0 Å². The number of thioether (sulfide) groups is 1. The molecule has 29 heavy (non-hydrogen) atoms. The van der Waals surface area contributed by atoms with Crippen molar-refractivity contribution >= 4 is 45.9 Å². The molecule has 0 saturated carbocycles. The quantitative estimate of drug-likeness (QED) is 0.642.